The number of aromatic nitrogens is 6. The smallest absolute Gasteiger partial charge is 0.345 e. The molecular formula is C21H15F3N6O2S2. The number of aromatic amines is 1. The Labute approximate surface area is 195 Å². The fourth-order valence-electron chi connectivity index (χ4n) is 3.68. The first-order valence-corrected chi connectivity index (χ1v) is 12.2. The average Bonchev–Trinajstić information content (AvgIpc) is 3.53. The van der Waals surface area contributed by atoms with Crippen LogP contribution in [0.4, 0.5) is 13.2 Å². The molecule has 174 valence electrons. The number of hydrogen-bond donors (Lipinski definition) is 1. The molecule has 1 aromatic carbocycles. The van der Waals surface area contributed by atoms with Gasteiger partial charge in [0.15, 0.2) is 5.03 Å². The van der Waals surface area contributed by atoms with Crippen molar-refractivity contribution in [2.24, 2.45) is 7.05 Å². The number of nitrogens with one attached hydrogen (secondary N) is 1. The summed E-state index contributed by atoms with van der Waals surface area (Å²) in [6.45, 7) is 0. The van der Waals surface area contributed by atoms with Crippen molar-refractivity contribution in [3.8, 4) is 22.4 Å². The van der Waals surface area contributed by atoms with Crippen LogP contribution in [0.5, 0.6) is 0 Å². The van der Waals surface area contributed by atoms with E-state index in [0.29, 0.717) is 38.4 Å². The van der Waals surface area contributed by atoms with Gasteiger partial charge in [-0.3, -0.25) is 4.68 Å². The molecule has 34 heavy (non-hydrogen) atoms. The lowest BCUT2D eigenvalue weighted by atomic mass is 9.95. The van der Waals surface area contributed by atoms with Crippen LogP contribution in [-0.2, 0) is 28.8 Å². The van der Waals surface area contributed by atoms with Crippen LogP contribution in [0.2, 0.25) is 0 Å². The largest absolute Gasteiger partial charge is 0.416 e. The number of hydrogen-bond acceptors (Lipinski definition) is 7. The van der Waals surface area contributed by atoms with Crippen molar-refractivity contribution in [1.82, 2.24) is 29.1 Å². The molecule has 0 bridgehead atoms. The summed E-state index contributed by atoms with van der Waals surface area (Å²) in [7, 11) is -2.12. The predicted molar refractivity (Wildman–Crippen MR) is 120 cm³/mol. The van der Waals surface area contributed by atoms with E-state index in [2.05, 4.69) is 24.4 Å². The number of aryl methyl sites for hydroxylation is 1. The molecular weight excluding hydrogens is 489 g/mol. The van der Waals surface area contributed by atoms with E-state index >= 15 is 0 Å². The maximum Gasteiger partial charge on any atom is 0.416 e. The zero-order chi connectivity index (χ0) is 24.1. The molecule has 0 saturated heterocycles. The van der Waals surface area contributed by atoms with Gasteiger partial charge < -0.3 is 4.98 Å². The van der Waals surface area contributed by atoms with Gasteiger partial charge in [0.05, 0.1) is 11.3 Å². The van der Waals surface area contributed by atoms with Gasteiger partial charge in [-0.1, -0.05) is 6.07 Å². The van der Waals surface area contributed by atoms with Crippen molar-refractivity contribution in [3.63, 3.8) is 0 Å². The molecule has 0 fully saturated rings. The van der Waals surface area contributed by atoms with Gasteiger partial charge >= 0.3 is 6.18 Å². The van der Waals surface area contributed by atoms with E-state index in [-0.39, 0.29) is 10.8 Å². The monoisotopic (exact) mass is 504 g/mol. The quantitative estimate of drug-likeness (QED) is 0.378. The SMILES string of the molecule is Cn1nccc1-c1cc(C(F)(F)F)ccc1-c1c[nH]c2nc(S(=O)(=O)Cc3ncns3)ccc12. The molecule has 1 N–H and O–H groups in total. The molecule has 4 heterocycles. The van der Waals surface area contributed by atoms with Crippen molar-refractivity contribution in [3.05, 3.63) is 65.7 Å². The third-order valence-corrected chi connectivity index (χ3v) is 7.65. The second-order valence-corrected chi connectivity index (χ2v) is 10.2. The highest BCUT2D eigenvalue weighted by molar-refractivity contribution is 7.90. The zero-order valence-electron chi connectivity index (χ0n) is 17.4. The summed E-state index contributed by atoms with van der Waals surface area (Å²) in [5.74, 6) is -0.326. The first-order valence-electron chi connectivity index (χ1n) is 9.80. The molecule has 0 aliphatic carbocycles. The summed E-state index contributed by atoms with van der Waals surface area (Å²) in [6.07, 6.45) is -0.121. The maximum atomic E-state index is 13.4. The standard InChI is InChI=1S/C21H15F3N6O2S2/c1-30-17(6-7-27-30)15-8-12(21(22,23)24)2-3-13(15)16-9-25-20-14(16)4-5-19(29-20)34(31,32)10-18-26-11-28-33-18/h2-9,11H,10H2,1H3,(H,25,29). The zero-order valence-corrected chi connectivity index (χ0v) is 19.0. The van der Waals surface area contributed by atoms with Crippen LogP contribution in [0.25, 0.3) is 33.4 Å². The highest BCUT2D eigenvalue weighted by atomic mass is 32.2. The minimum atomic E-state index is -4.51. The Hall–Kier alpha value is -3.58. The Morgan fingerprint density at radius 2 is 1.91 bits per heavy atom. The molecule has 0 aliphatic rings. The van der Waals surface area contributed by atoms with E-state index < -0.39 is 21.6 Å². The topological polar surface area (TPSA) is 106 Å². The highest BCUT2D eigenvalue weighted by Crippen LogP contribution is 2.40. The van der Waals surface area contributed by atoms with Gasteiger partial charge in [0.25, 0.3) is 0 Å². The summed E-state index contributed by atoms with van der Waals surface area (Å²) in [4.78, 5) is 11.1. The molecule has 0 radical (unpaired) electrons. The van der Waals surface area contributed by atoms with E-state index in [0.717, 1.165) is 23.7 Å². The van der Waals surface area contributed by atoms with E-state index in [4.69, 9.17) is 0 Å². The first kappa shape index (κ1) is 22.2. The molecule has 0 saturated carbocycles. The molecule has 0 unspecified atom stereocenters. The van der Waals surface area contributed by atoms with E-state index in [9.17, 15) is 21.6 Å². The number of fused-ring (bicyclic) bond motifs is 1. The number of rotatable bonds is 5. The number of nitrogens with zero attached hydrogens (tertiary/aromatic N) is 5. The van der Waals surface area contributed by atoms with Crippen molar-refractivity contribution in [2.45, 2.75) is 17.0 Å². The summed E-state index contributed by atoms with van der Waals surface area (Å²) in [6, 6.07) is 8.09. The summed E-state index contributed by atoms with van der Waals surface area (Å²) in [5, 5.41) is 4.86. The van der Waals surface area contributed by atoms with Crippen molar-refractivity contribution in [2.75, 3.05) is 0 Å². The fourth-order valence-corrected chi connectivity index (χ4v) is 5.72. The average molecular weight is 505 g/mol. The van der Waals surface area contributed by atoms with Crippen LogP contribution in [0.1, 0.15) is 10.6 Å². The Morgan fingerprint density at radius 3 is 2.59 bits per heavy atom. The Balaban J connectivity index is 1.62. The van der Waals surface area contributed by atoms with Crippen LogP contribution in [0, 0.1) is 0 Å². The second kappa shape index (κ2) is 8.02. The van der Waals surface area contributed by atoms with E-state index in [1.165, 1.54) is 29.3 Å². The van der Waals surface area contributed by atoms with Crippen LogP contribution in [-0.4, -0.2) is 37.5 Å². The van der Waals surface area contributed by atoms with Gasteiger partial charge in [0.1, 0.15) is 22.7 Å². The van der Waals surface area contributed by atoms with Crippen LogP contribution < -0.4 is 0 Å². The van der Waals surface area contributed by atoms with Gasteiger partial charge in [-0.25, -0.2) is 18.4 Å². The van der Waals surface area contributed by atoms with Gasteiger partial charge in [0, 0.05) is 36.0 Å². The molecule has 5 aromatic rings. The van der Waals surface area contributed by atoms with Crippen molar-refractivity contribution in [1.29, 1.82) is 0 Å². The van der Waals surface area contributed by atoms with E-state index in [1.807, 2.05) is 0 Å². The van der Waals surface area contributed by atoms with Gasteiger partial charge in [0.2, 0.25) is 9.84 Å². The van der Waals surface area contributed by atoms with Crippen molar-refractivity contribution >= 4 is 32.4 Å². The number of sulfone groups is 1. The lowest BCUT2D eigenvalue weighted by Crippen LogP contribution is -2.07. The normalized spacial score (nSPS) is 12.5. The maximum absolute atomic E-state index is 13.4. The number of halogens is 3. The van der Waals surface area contributed by atoms with E-state index in [1.54, 1.807) is 25.4 Å². The molecule has 13 heteroatoms. The fraction of sp³-hybridized carbons (Fsp3) is 0.143. The minimum absolute atomic E-state index is 0.136. The molecule has 5 rings (SSSR count). The minimum Gasteiger partial charge on any atom is -0.345 e. The highest BCUT2D eigenvalue weighted by Gasteiger charge is 2.32. The summed E-state index contributed by atoms with van der Waals surface area (Å²) >= 11 is 0.991. The third-order valence-electron chi connectivity index (χ3n) is 5.29. The van der Waals surface area contributed by atoms with Gasteiger partial charge in [-0.05, 0) is 47.4 Å². The van der Waals surface area contributed by atoms with Gasteiger partial charge in [-0.2, -0.15) is 22.6 Å². The lowest BCUT2D eigenvalue weighted by Gasteiger charge is -2.14. The Bertz CT molecular complexity index is 1610. The van der Waals surface area contributed by atoms with Crippen LogP contribution in [0.3, 0.4) is 0 Å². The number of benzene rings is 1. The third kappa shape index (κ3) is 3.96. The molecule has 0 amide bonds. The molecule has 0 aliphatic heterocycles. The molecule has 0 atom stereocenters. The summed E-state index contributed by atoms with van der Waals surface area (Å²) in [5.41, 5.74) is 1.46. The molecule has 4 aromatic heterocycles. The number of pyridine rings is 1. The predicted octanol–water partition coefficient (Wildman–Crippen LogP) is 4.47. The second-order valence-electron chi connectivity index (χ2n) is 7.44. The Kier molecular flexibility index (Phi) is 5.24. The van der Waals surface area contributed by atoms with Crippen LogP contribution >= 0.6 is 11.5 Å². The lowest BCUT2D eigenvalue weighted by molar-refractivity contribution is -0.137. The molecule has 8 nitrogen and oxygen atoms in total. The number of H-pyrrole nitrogens is 1. The number of alkyl halides is 3. The Morgan fingerprint density at radius 1 is 1.09 bits per heavy atom. The van der Waals surface area contributed by atoms with Crippen LogP contribution in [0.15, 0.2) is 60.1 Å². The van der Waals surface area contributed by atoms with Gasteiger partial charge in [-0.15, -0.1) is 0 Å². The van der Waals surface area contributed by atoms with Crippen molar-refractivity contribution < 1.29 is 21.6 Å². The molecule has 0 spiro atoms. The summed E-state index contributed by atoms with van der Waals surface area (Å²) < 4.78 is 71.1. The first-order chi connectivity index (χ1) is 16.1.